The van der Waals surface area contributed by atoms with Crippen LogP contribution in [0.15, 0.2) is 52.4 Å². The maximum atomic E-state index is 13.0. The van der Waals surface area contributed by atoms with Crippen LogP contribution in [-0.2, 0) is 10.2 Å². The third-order valence-electron chi connectivity index (χ3n) is 5.32. The number of nitriles is 2. The normalized spacial score (nSPS) is 12.0. The second-order valence-corrected chi connectivity index (χ2v) is 10.1. The number of hydrogen-bond acceptors (Lipinski definition) is 10. The van der Waals surface area contributed by atoms with E-state index in [1.54, 1.807) is 18.2 Å². The maximum Gasteiger partial charge on any atom is 0.332 e. The van der Waals surface area contributed by atoms with E-state index < -0.39 is 21.0 Å². The molecule has 2 heterocycles. The van der Waals surface area contributed by atoms with E-state index in [1.165, 1.54) is 23.9 Å². The van der Waals surface area contributed by atoms with Crippen LogP contribution in [0.5, 0.6) is 11.5 Å². The smallest absolute Gasteiger partial charge is 0.332 e. The molecule has 0 aliphatic carbocycles. The molecule has 0 bridgehead atoms. The third kappa shape index (κ3) is 5.58. The van der Waals surface area contributed by atoms with Crippen molar-refractivity contribution in [1.29, 1.82) is 10.5 Å². The highest BCUT2D eigenvalue weighted by Gasteiger charge is 2.23. The van der Waals surface area contributed by atoms with Crippen LogP contribution in [0.4, 0.5) is 9.70 Å². The van der Waals surface area contributed by atoms with E-state index >= 15 is 0 Å². The zero-order valence-electron chi connectivity index (χ0n) is 19.0. The number of aromatic nitrogens is 1. The second-order valence-electron chi connectivity index (χ2n) is 7.64. The summed E-state index contributed by atoms with van der Waals surface area (Å²) in [4.78, 5) is 16.0. The van der Waals surface area contributed by atoms with E-state index in [0.717, 1.165) is 12.1 Å². The summed E-state index contributed by atoms with van der Waals surface area (Å²) in [6, 6.07) is 13.7. The van der Waals surface area contributed by atoms with E-state index in [9.17, 15) is 27.6 Å². The van der Waals surface area contributed by atoms with Crippen molar-refractivity contribution in [3.05, 3.63) is 59.2 Å². The lowest BCUT2D eigenvalue weighted by atomic mass is 9.96. The Morgan fingerprint density at radius 1 is 1.11 bits per heavy atom. The number of amides is 1. The van der Waals surface area contributed by atoms with Gasteiger partial charge in [0.2, 0.25) is 6.79 Å². The molecule has 1 aliphatic heterocycles. The molecule has 0 fully saturated rings. The number of thioether (sulfide) groups is 1. The zero-order chi connectivity index (χ0) is 26.6. The number of benzene rings is 2. The van der Waals surface area contributed by atoms with Crippen molar-refractivity contribution in [3.8, 4) is 34.8 Å². The highest BCUT2D eigenvalue weighted by molar-refractivity contribution is 7.99. The summed E-state index contributed by atoms with van der Waals surface area (Å²) in [6.45, 7) is 0.355. The number of hydrogen-bond donors (Lipinski definition) is 2. The molecule has 188 valence electrons. The predicted molar refractivity (Wildman–Crippen MR) is 132 cm³/mol. The van der Waals surface area contributed by atoms with E-state index in [4.69, 9.17) is 15.2 Å². The number of nitrogens with zero attached hydrogens (tertiary/aromatic N) is 3. The van der Waals surface area contributed by atoms with Crippen molar-refractivity contribution in [2.45, 2.75) is 16.3 Å². The van der Waals surface area contributed by atoms with Crippen LogP contribution in [0.3, 0.4) is 0 Å². The molecule has 1 amide bonds. The zero-order valence-corrected chi connectivity index (χ0v) is 20.7. The van der Waals surface area contributed by atoms with Gasteiger partial charge in [0, 0.05) is 23.4 Å². The average molecular weight is 540 g/mol. The molecule has 0 radical (unpaired) electrons. The molecule has 2 aromatic carbocycles. The van der Waals surface area contributed by atoms with Gasteiger partial charge in [-0.3, -0.25) is 4.79 Å². The van der Waals surface area contributed by atoms with Gasteiger partial charge in [-0.25, -0.2) is 4.98 Å². The highest BCUT2D eigenvalue weighted by Crippen LogP contribution is 2.40. The van der Waals surface area contributed by atoms with Gasteiger partial charge in [-0.2, -0.15) is 18.9 Å². The number of nitrogen functional groups attached to an aromatic ring is 1. The number of nitrogens with one attached hydrogen (secondary N) is 1. The molecule has 3 aromatic rings. The van der Waals surface area contributed by atoms with Crippen LogP contribution in [0.25, 0.3) is 11.1 Å². The maximum absolute atomic E-state index is 13.0. The molecule has 3 N–H and O–H groups in total. The highest BCUT2D eigenvalue weighted by atomic mass is 32.3. The standard InChI is InChI=1S/C24H18FN5O5S2/c25-37(32,33)16-5-2-14(3-6-16)23(31)29-8-1-9-36-24-18(12-27)21(17(11-26)22(28)30-24)15-4-7-19-20(10-15)35-13-34-19/h2-7,10H,1,8-9,13H2,(H2,28,30)(H,29,31). The Morgan fingerprint density at radius 3 is 2.49 bits per heavy atom. The van der Waals surface area contributed by atoms with Gasteiger partial charge in [-0.15, -0.1) is 15.6 Å². The monoisotopic (exact) mass is 539 g/mol. The lowest BCUT2D eigenvalue weighted by Gasteiger charge is -2.13. The van der Waals surface area contributed by atoms with E-state index in [0.29, 0.717) is 39.8 Å². The van der Waals surface area contributed by atoms with Gasteiger partial charge in [-0.05, 0) is 48.4 Å². The molecule has 37 heavy (non-hydrogen) atoms. The number of fused-ring (bicyclic) bond motifs is 1. The first-order valence-corrected chi connectivity index (χ1v) is 13.1. The minimum absolute atomic E-state index is 0.0105. The second kappa shape index (κ2) is 10.7. The molecule has 0 unspecified atom stereocenters. The van der Waals surface area contributed by atoms with Crippen molar-refractivity contribution in [2.24, 2.45) is 0 Å². The lowest BCUT2D eigenvalue weighted by molar-refractivity contribution is 0.0953. The van der Waals surface area contributed by atoms with Crippen LogP contribution in [0, 0.1) is 22.7 Å². The topological polar surface area (TPSA) is 168 Å². The third-order valence-corrected chi connectivity index (χ3v) is 7.22. The van der Waals surface area contributed by atoms with Crippen LogP contribution in [0.1, 0.15) is 27.9 Å². The Hall–Kier alpha value is -4.33. The number of anilines is 1. The van der Waals surface area contributed by atoms with Crippen LogP contribution < -0.4 is 20.5 Å². The number of carbonyl (C=O) groups excluding carboxylic acids is 1. The van der Waals surface area contributed by atoms with Crippen LogP contribution in [-0.4, -0.2) is 38.4 Å². The van der Waals surface area contributed by atoms with Gasteiger partial charge in [0.1, 0.15) is 28.5 Å². The molecule has 0 saturated carbocycles. The number of pyridine rings is 1. The molecule has 0 atom stereocenters. The lowest BCUT2D eigenvalue weighted by Crippen LogP contribution is -2.24. The molecule has 0 spiro atoms. The molecular weight excluding hydrogens is 521 g/mol. The van der Waals surface area contributed by atoms with Crippen molar-refractivity contribution < 1.29 is 26.6 Å². The van der Waals surface area contributed by atoms with Gasteiger partial charge in [0.05, 0.1) is 10.5 Å². The Morgan fingerprint density at radius 2 is 1.81 bits per heavy atom. The Labute approximate surface area is 216 Å². The molecule has 4 rings (SSSR count). The summed E-state index contributed by atoms with van der Waals surface area (Å²) < 4.78 is 45.5. The summed E-state index contributed by atoms with van der Waals surface area (Å²) in [5.74, 6) is 1.06. The minimum atomic E-state index is -4.83. The van der Waals surface area contributed by atoms with Crippen molar-refractivity contribution >= 4 is 33.7 Å². The fraction of sp³-hybridized carbons (Fsp3) is 0.167. The summed E-state index contributed by atoms with van der Waals surface area (Å²) in [6.07, 6.45) is 0.499. The first-order chi connectivity index (χ1) is 17.7. The van der Waals surface area contributed by atoms with E-state index in [1.807, 2.05) is 6.07 Å². The van der Waals surface area contributed by atoms with Crippen LogP contribution >= 0.6 is 11.8 Å². The first kappa shape index (κ1) is 25.8. The van der Waals surface area contributed by atoms with Gasteiger partial charge >= 0.3 is 10.2 Å². The fourth-order valence-corrected chi connectivity index (χ4v) is 4.96. The van der Waals surface area contributed by atoms with Gasteiger partial charge in [-0.1, -0.05) is 6.07 Å². The Balaban J connectivity index is 1.44. The SMILES string of the molecule is N#Cc1c(N)nc(SCCCNC(=O)c2ccc(S(=O)(=O)F)cc2)c(C#N)c1-c1ccc2c(c1)OCO2. The van der Waals surface area contributed by atoms with E-state index in [-0.39, 0.29) is 35.8 Å². The number of halogens is 1. The minimum Gasteiger partial charge on any atom is -0.454 e. The van der Waals surface area contributed by atoms with Gasteiger partial charge < -0.3 is 20.5 Å². The molecule has 1 aromatic heterocycles. The average Bonchev–Trinajstić information content (AvgIpc) is 3.35. The summed E-state index contributed by atoms with van der Waals surface area (Å²) in [5, 5.41) is 22.6. The number of rotatable bonds is 8. The van der Waals surface area contributed by atoms with Crippen LogP contribution in [0.2, 0.25) is 0 Å². The molecule has 13 heteroatoms. The first-order valence-electron chi connectivity index (χ1n) is 10.7. The van der Waals surface area contributed by atoms with Crippen molar-refractivity contribution in [2.75, 3.05) is 24.8 Å². The number of carbonyl (C=O) groups is 1. The largest absolute Gasteiger partial charge is 0.454 e. The van der Waals surface area contributed by atoms with E-state index in [2.05, 4.69) is 16.4 Å². The molecule has 10 nitrogen and oxygen atoms in total. The predicted octanol–water partition coefficient (Wildman–Crippen LogP) is 3.37. The Kier molecular flexibility index (Phi) is 7.47. The Bertz CT molecular complexity index is 1560. The summed E-state index contributed by atoms with van der Waals surface area (Å²) >= 11 is 1.25. The number of nitrogens with two attached hydrogens (primary N) is 1. The fourth-order valence-electron chi connectivity index (χ4n) is 3.56. The molecule has 0 saturated heterocycles. The molecule has 1 aliphatic rings. The summed E-state index contributed by atoms with van der Waals surface area (Å²) in [7, 11) is -4.83. The quantitative estimate of drug-likeness (QED) is 0.246. The summed E-state index contributed by atoms with van der Waals surface area (Å²) in [5.41, 5.74) is 7.42. The number of ether oxygens (including phenoxy) is 2. The van der Waals surface area contributed by atoms with Crippen molar-refractivity contribution in [1.82, 2.24) is 10.3 Å². The van der Waals surface area contributed by atoms with Crippen molar-refractivity contribution in [3.63, 3.8) is 0 Å². The molecular formula is C24H18FN5O5S2. The van der Waals surface area contributed by atoms with Gasteiger partial charge in [0.25, 0.3) is 5.91 Å². The van der Waals surface area contributed by atoms with Gasteiger partial charge in [0.15, 0.2) is 11.5 Å².